The van der Waals surface area contributed by atoms with Crippen LogP contribution in [0.2, 0.25) is 0 Å². The van der Waals surface area contributed by atoms with Gasteiger partial charge in [-0.3, -0.25) is 4.90 Å². The molecule has 2 heteroatoms. The van der Waals surface area contributed by atoms with Gasteiger partial charge in [0.2, 0.25) is 0 Å². The van der Waals surface area contributed by atoms with Crippen LogP contribution in [0.15, 0.2) is 24.3 Å². The van der Waals surface area contributed by atoms with Crippen LogP contribution in [0, 0.1) is 11.8 Å². The molecule has 1 saturated heterocycles. The van der Waals surface area contributed by atoms with Crippen LogP contribution in [0.5, 0.6) is 0 Å². The molecule has 0 aromatic heterocycles. The summed E-state index contributed by atoms with van der Waals surface area (Å²) in [6.45, 7) is 1.32. The zero-order valence-electron chi connectivity index (χ0n) is 11.1. The van der Waals surface area contributed by atoms with Gasteiger partial charge in [-0.25, -0.2) is 0 Å². The number of benzene rings is 1. The van der Waals surface area contributed by atoms with Gasteiger partial charge in [0, 0.05) is 12.1 Å². The minimum absolute atomic E-state index is 0. The number of halogens is 1. The summed E-state index contributed by atoms with van der Waals surface area (Å²) in [4.78, 5) is 2.69. The molecule has 3 aliphatic rings. The topological polar surface area (TPSA) is 3.24 Å². The van der Waals surface area contributed by atoms with Crippen molar-refractivity contribution in [1.82, 2.24) is 4.90 Å². The first-order valence-electron chi connectivity index (χ1n) is 7.12. The molecule has 0 amide bonds. The van der Waals surface area contributed by atoms with Crippen molar-refractivity contribution in [3.63, 3.8) is 0 Å². The lowest BCUT2D eigenvalue weighted by Gasteiger charge is -2.48. The van der Waals surface area contributed by atoms with E-state index in [4.69, 9.17) is 0 Å². The minimum atomic E-state index is 0. The van der Waals surface area contributed by atoms with Crippen LogP contribution in [0.25, 0.3) is 0 Å². The Bertz CT molecular complexity index is 458. The summed E-state index contributed by atoms with van der Waals surface area (Å²) < 4.78 is 0. The molecular weight excluding hydrogens is 242 g/mol. The Balaban J connectivity index is 0.000001000. The van der Waals surface area contributed by atoms with Gasteiger partial charge >= 0.3 is 0 Å². The average molecular weight is 264 g/mol. The van der Waals surface area contributed by atoms with Gasteiger partial charge in [-0.05, 0) is 49.3 Å². The fraction of sp³-hybridized carbons (Fsp3) is 0.625. The second-order valence-corrected chi connectivity index (χ2v) is 6.28. The van der Waals surface area contributed by atoms with Gasteiger partial charge in [0.15, 0.2) is 0 Å². The summed E-state index contributed by atoms with van der Waals surface area (Å²) in [5.74, 6) is 1.87. The van der Waals surface area contributed by atoms with Gasteiger partial charge in [0.25, 0.3) is 0 Å². The van der Waals surface area contributed by atoms with Crippen molar-refractivity contribution < 1.29 is 0 Å². The number of rotatable bonds is 0. The van der Waals surface area contributed by atoms with Crippen LogP contribution in [0.4, 0.5) is 0 Å². The van der Waals surface area contributed by atoms with E-state index in [0.29, 0.717) is 5.54 Å². The zero-order valence-corrected chi connectivity index (χ0v) is 11.9. The first-order chi connectivity index (χ1) is 8.32. The third-order valence-electron chi connectivity index (χ3n) is 5.66. The molecular formula is C16H22ClN. The van der Waals surface area contributed by atoms with E-state index in [1.165, 1.54) is 38.6 Å². The van der Waals surface area contributed by atoms with Gasteiger partial charge in [0.05, 0.1) is 0 Å². The summed E-state index contributed by atoms with van der Waals surface area (Å²) in [6, 6.07) is 9.24. The fourth-order valence-electron chi connectivity index (χ4n) is 5.07. The molecule has 3 unspecified atom stereocenters. The number of likely N-dealkylation sites (tertiary alicyclic amines) is 1. The molecule has 2 bridgehead atoms. The van der Waals surface area contributed by atoms with Crippen LogP contribution in [0.3, 0.4) is 0 Å². The number of fused-ring (bicyclic) bond motifs is 1. The van der Waals surface area contributed by atoms with Crippen LogP contribution in [-0.4, -0.2) is 18.5 Å². The molecule has 0 spiro atoms. The smallest absolute Gasteiger partial charge is 0.0491 e. The van der Waals surface area contributed by atoms with E-state index in [9.17, 15) is 0 Å². The van der Waals surface area contributed by atoms with Gasteiger partial charge in [0.1, 0.15) is 0 Å². The van der Waals surface area contributed by atoms with Crippen LogP contribution in [-0.2, 0) is 12.0 Å². The van der Waals surface area contributed by atoms with Crippen LogP contribution in [0.1, 0.15) is 36.8 Å². The maximum Gasteiger partial charge on any atom is 0.0491 e. The lowest BCUT2D eigenvalue weighted by Crippen LogP contribution is -2.47. The number of hydrogen-bond donors (Lipinski definition) is 0. The molecule has 3 atom stereocenters. The maximum atomic E-state index is 2.69. The summed E-state index contributed by atoms with van der Waals surface area (Å²) in [7, 11) is 2.36. The highest BCUT2D eigenvalue weighted by Crippen LogP contribution is 2.57. The Morgan fingerprint density at radius 3 is 2.94 bits per heavy atom. The molecule has 0 N–H and O–H groups in total. The minimum Gasteiger partial charge on any atom is -0.296 e. The average Bonchev–Trinajstić information content (AvgIpc) is 2.59. The highest BCUT2D eigenvalue weighted by Gasteiger charge is 2.56. The second-order valence-electron chi connectivity index (χ2n) is 6.28. The summed E-state index contributed by atoms with van der Waals surface area (Å²) in [5.41, 5.74) is 3.72. The van der Waals surface area contributed by atoms with Crippen molar-refractivity contribution in [3.8, 4) is 0 Å². The van der Waals surface area contributed by atoms with Crippen molar-refractivity contribution >= 4 is 12.4 Å². The zero-order chi connectivity index (χ0) is 11.5. The van der Waals surface area contributed by atoms with E-state index in [1.54, 1.807) is 11.1 Å². The summed E-state index contributed by atoms with van der Waals surface area (Å²) in [5, 5.41) is 0. The predicted octanol–water partition coefficient (Wildman–Crippen LogP) is 3.61. The summed E-state index contributed by atoms with van der Waals surface area (Å²) in [6.07, 6.45) is 7.05. The Morgan fingerprint density at radius 2 is 2.06 bits per heavy atom. The lowest BCUT2D eigenvalue weighted by molar-refractivity contribution is 0.0694. The van der Waals surface area contributed by atoms with Gasteiger partial charge < -0.3 is 0 Å². The molecule has 98 valence electrons. The van der Waals surface area contributed by atoms with Gasteiger partial charge in [-0.1, -0.05) is 37.1 Å². The molecule has 4 rings (SSSR count). The molecule has 2 aliphatic carbocycles. The Morgan fingerprint density at radius 1 is 1.22 bits per heavy atom. The fourth-order valence-corrected chi connectivity index (χ4v) is 5.07. The summed E-state index contributed by atoms with van der Waals surface area (Å²) >= 11 is 0. The Labute approximate surface area is 116 Å². The lowest BCUT2D eigenvalue weighted by atomic mass is 9.61. The molecule has 1 aromatic rings. The molecule has 2 fully saturated rings. The molecule has 1 nitrogen and oxygen atoms in total. The van der Waals surface area contributed by atoms with Crippen molar-refractivity contribution in [2.45, 2.75) is 37.6 Å². The van der Waals surface area contributed by atoms with E-state index >= 15 is 0 Å². The van der Waals surface area contributed by atoms with E-state index in [2.05, 4.69) is 36.2 Å². The molecule has 18 heavy (non-hydrogen) atoms. The maximum absolute atomic E-state index is 2.69. The molecule has 0 radical (unpaired) electrons. The van der Waals surface area contributed by atoms with Crippen LogP contribution < -0.4 is 0 Å². The SMILES string of the molecule is CN1CC2Cc3ccccc3C13CCCCC23.Cl. The number of hydrogen-bond acceptors (Lipinski definition) is 1. The predicted molar refractivity (Wildman–Crippen MR) is 77.2 cm³/mol. The molecule has 1 aromatic carbocycles. The van der Waals surface area contributed by atoms with E-state index in [1.807, 2.05) is 0 Å². The highest BCUT2D eigenvalue weighted by molar-refractivity contribution is 5.85. The third-order valence-corrected chi connectivity index (χ3v) is 5.66. The van der Waals surface area contributed by atoms with E-state index < -0.39 is 0 Å². The van der Waals surface area contributed by atoms with Crippen LogP contribution >= 0.6 is 12.4 Å². The van der Waals surface area contributed by atoms with Crippen molar-refractivity contribution in [2.75, 3.05) is 13.6 Å². The largest absolute Gasteiger partial charge is 0.296 e. The van der Waals surface area contributed by atoms with E-state index in [0.717, 1.165) is 11.8 Å². The molecule has 1 aliphatic heterocycles. The standard InChI is InChI=1S/C16H21N.ClH/c1-17-11-13-10-12-6-2-3-7-14(12)16(17)9-5-4-8-15(13)16;/h2-3,6-7,13,15H,4-5,8-11H2,1H3;1H. The molecule has 1 heterocycles. The highest BCUT2D eigenvalue weighted by atomic mass is 35.5. The Hall–Kier alpha value is -0.530. The molecule has 1 saturated carbocycles. The van der Waals surface area contributed by atoms with Crippen molar-refractivity contribution in [3.05, 3.63) is 35.4 Å². The van der Waals surface area contributed by atoms with Gasteiger partial charge in [-0.15, -0.1) is 12.4 Å². The quantitative estimate of drug-likeness (QED) is 0.691. The van der Waals surface area contributed by atoms with Gasteiger partial charge in [-0.2, -0.15) is 0 Å². The number of nitrogens with zero attached hydrogens (tertiary/aromatic N) is 1. The first kappa shape index (κ1) is 12.5. The normalized spacial score (nSPS) is 37.6. The third kappa shape index (κ3) is 1.38. The van der Waals surface area contributed by atoms with E-state index in [-0.39, 0.29) is 12.4 Å². The second kappa shape index (κ2) is 4.25. The van der Waals surface area contributed by atoms with Crippen molar-refractivity contribution in [2.24, 2.45) is 11.8 Å². The monoisotopic (exact) mass is 263 g/mol. The Kier molecular flexibility index (Phi) is 2.95. The van der Waals surface area contributed by atoms with Crippen molar-refractivity contribution in [1.29, 1.82) is 0 Å². The first-order valence-corrected chi connectivity index (χ1v) is 7.12.